The Labute approximate surface area is 158 Å². The van der Waals surface area contributed by atoms with Crippen molar-refractivity contribution in [3.63, 3.8) is 0 Å². The molecule has 8 heteroatoms. The highest BCUT2D eigenvalue weighted by molar-refractivity contribution is 5.76. The van der Waals surface area contributed by atoms with Crippen molar-refractivity contribution in [2.24, 2.45) is 23.7 Å². The quantitative estimate of drug-likeness (QED) is 0.583. The van der Waals surface area contributed by atoms with Gasteiger partial charge in [0, 0.05) is 18.3 Å². The van der Waals surface area contributed by atoms with Crippen molar-refractivity contribution in [2.75, 3.05) is 0 Å². The molecule has 152 valence electrons. The van der Waals surface area contributed by atoms with Crippen LogP contribution in [0.2, 0.25) is 0 Å². The standard InChI is InChI=1S/C19H28O8/c1-10-4-5-13-11(2)16(23-15(22)7-6-14(20)21)24-17-19(13)12(10)8-9-18(3,25-17)26-27-19/h10-13,16-17H,4-9H2,1-3H3,(H,20,21)/t10-,11-,12?,13?,16-,17?,18+,19-/m1/s1. The first-order valence-electron chi connectivity index (χ1n) is 9.86. The second-order valence-corrected chi connectivity index (χ2v) is 8.66. The van der Waals surface area contributed by atoms with Crippen molar-refractivity contribution < 1.29 is 38.7 Å². The van der Waals surface area contributed by atoms with Crippen LogP contribution in [0, 0.1) is 23.7 Å². The third-order valence-corrected chi connectivity index (χ3v) is 6.89. The summed E-state index contributed by atoms with van der Waals surface area (Å²) in [6, 6.07) is 0. The molecule has 8 nitrogen and oxygen atoms in total. The molecule has 4 aliphatic heterocycles. The van der Waals surface area contributed by atoms with Crippen LogP contribution in [-0.4, -0.2) is 41.0 Å². The minimum Gasteiger partial charge on any atom is -0.481 e. The first-order chi connectivity index (χ1) is 12.7. The van der Waals surface area contributed by atoms with Gasteiger partial charge in [0.1, 0.15) is 0 Å². The van der Waals surface area contributed by atoms with Gasteiger partial charge in [-0.05, 0) is 38.0 Å². The number of rotatable bonds is 4. The van der Waals surface area contributed by atoms with Crippen molar-refractivity contribution >= 4 is 11.9 Å². The number of hydrogen-bond acceptors (Lipinski definition) is 7. The summed E-state index contributed by atoms with van der Waals surface area (Å²) in [5, 5.41) is 8.76. The van der Waals surface area contributed by atoms with Crippen molar-refractivity contribution in [1.29, 1.82) is 0 Å². The lowest BCUT2D eigenvalue weighted by Gasteiger charge is -2.59. The summed E-state index contributed by atoms with van der Waals surface area (Å²) in [6.45, 7) is 6.06. The molecule has 5 rings (SSSR count). The van der Waals surface area contributed by atoms with Crippen LogP contribution in [0.25, 0.3) is 0 Å². The molecule has 5 fully saturated rings. The number of aliphatic carboxylic acids is 1. The molecular formula is C19H28O8. The molecule has 0 radical (unpaired) electrons. The van der Waals surface area contributed by atoms with Crippen LogP contribution < -0.4 is 0 Å². The highest BCUT2D eigenvalue weighted by Crippen LogP contribution is 2.60. The maximum Gasteiger partial charge on any atom is 0.308 e. The van der Waals surface area contributed by atoms with Crippen LogP contribution in [0.15, 0.2) is 0 Å². The highest BCUT2D eigenvalue weighted by Gasteiger charge is 2.69. The largest absolute Gasteiger partial charge is 0.481 e. The van der Waals surface area contributed by atoms with Crippen molar-refractivity contribution in [3.05, 3.63) is 0 Å². The Bertz CT molecular complexity index is 623. The number of carboxylic acid groups (broad SMARTS) is 1. The van der Waals surface area contributed by atoms with Gasteiger partial charge in [0.2, 0.25) is 12.1 Å². The van der Waals surface area contributed by atoms with E-state index in [1.165, 1.54) is 0 Å². The summed E-state index contributed by atoms with van der Waals surface area (Å²) < 4.78 is 17.8. The molecule has 2 bridgehead atoms. The predicted octanol–water partition coefficient (Wildman–Crippen LogP) is 2.60. The van der Waals surface area contributed by atoms with E-state index in [1.807, 2.05) is 13.8 Å². The van der Waals surface area contributed by atoms with Crippen molar-refractivity contribution in [3.8, 4) is 0 Å². The molecule has 1 spiro atoms. The number of carbonyl (C=O) groups is 2. The minimum absolute atomic E-state index is 0.0670. The number of carbonyl (C=O) groups excluding carboxylic acids is 1. The Morgan fingerprint density at radius 2 is 1.89 bits per heavy atom. The molecule has 1 N–H and O–H groups in total. The highest BCUT2D eigenvalue weighted by atomic mass is 17.3. The van der Waals surface area contributed by atoms with Crippen LogP contribution >= 0.6 is 0 Å². The SMILES string of the molecule is C[C@@H]1CCC2[C@@H](C)[C@H](OC(=O)CCC(=O)O)OC3O[C@]4(C)CCC1[C@]32OO4. The number of fused-ring (bicyclic) bond motifs is 2. The van der Waals surface area contributed by atoms with Gasteiger partial charge in [-0.25, -0.2) is 9.78 Å². The van der Waals surface area contributed by atoms with Crippen molar-refractivity contribution in [2.45, 2.75) is 83.3 Å². The Hall–Kier alpha value is -1.22. The smallest absolute Gasteiger partial charge is 0.308 e. The Kier molecular flexibility index (Phi) is 4.73. The monoisotopic (exact) mass is 384 g/mol. The van der Waals surface area contributed by atoms with Gasteiger partial charge in [-0.2, -0.15) is 0 Å². The Morgan fingerprint density at radius 3 is 2.63 bits per heavy atom. The van der Waals surface area contributed by atoms with Gasteiger partial charge in [-0.3, -0.25) is 9.59 Å². The summed E-state index contributed by atoms with van der Waals surface area (Å²) >= 11 is 0. The first kappa shape index (κ1) is 19.1. The maximum absolute atomic E-state index is 12.1. The van der Waals surface area contributed by atoms with Gasteiger partial charge in [0.15, 0.2) is 11.9 Å². The lowest BCUT2D eigenvalue weighted by Crippen LogP contribution is -2.70. The molecule has 8 atom stereocenters. The van der Waals surface area contributed by atoms with E-state index >= 15 is 0 Å². The van der Waals surface area contributed by atoms with E-state index < -0.39 is 35.9 Å². The second kappa shape index (κ2) is 6.69. The Morgan fingerprint density at radius 1 is 1.11 bits per heavy atom. The van der Waals surface area contributed by atoms with Crippen LogP contribution in [0.4, 0.5) is 0 Å². The molecule has 4 saturated heterocycles. The molecule has 27 heavy (non-hydrogen) atoms. The van der Waals surface area contributed by atoms with Crippen LogP contribution in [0.5, 0.6) is 0 Å². The van der Waals surface area contributed by atoms with E-state index in [4.69, 9.17) is 29.1 Å². The van der Waals surface area contributed by atoms with Crippen LogP contribution in [-0.2, 0) is 33.6 Å². The normalized spacial score (nSPS) is 48.4. The molecule has 0 aromatic rings. The average Bonchev–Trinajstić information content (AvgIpc) is 2.84. The fourth-order valence-corrected chi connectivity index (χ4v) is 5.40. The number of esters is 1. The molecule has 5 aliphatic rings. The van der Waals surface area contributed by atoms with E-state index in [2.05, 4.69) is 6.92 Å². The molecule has 0 amide bonds. The van der Waals surface area contributed by atoms with Gasteiger partial charge in [0.25, 0.3) is 0 Å². The van der Waals surface area contributed by atoms with E-state index in [1.54, 1.807) is 0 Å². The van der Waals surface area contributed by atoms with Gasteiger partial charge in [-0.1, -0.05) is 13.8 Å². The zero-order valence-electron chi connectivity index (χ0n) is 16.0. The van der Waals surface area contributed by atoms with Gasteiger partial charge >= 0.3 is 11.9 Å². The van der Waals surface area contributed by atoms with E-state index in [0.717, 1.165) is 19.3 Å². The fourth-order valence-electron chi connectivity index (χ4n) is 5.40. The summed E-state index contributed by atoms with van der Waals surface area (Å²) in [5.74, 6) is -1.82. The number of ether oxygens (including phenoxy) is 3. The molecule has 3 unspecified atom stereocenters. The molecular weight excluding hydrogens is 356 g/mol. The molecule has 1 aliphatic carbocycles. The first-order valence-corrected chi connectivity index (χ1v) is 9.86. The van der Waals surface area contributed by atoms with Crippen molar-refractivity contribution in [1.82, 2.24) is 0 Å². The molecule has 0 aromatic carbocycles. The third kappa shape index (κ3) is 3.06. The lowest BCUT2D eigenvalue weighted by atomic mass is 9.58. The second-order valence-electron chi connectivity index (χ2n) is 8.66. The summed E-state index contributed by atoms with van der Waals surface area (Å²) in [7, 11) is 0. The minimum atomic E-state index is -1.03. The fraction of sp³-hybridized carbons (Fsp3) is 0.895. The summed E-state index contributed by atoms with van der Waals surface area (Å²) in [5.41, 5.74) is -0.697. The van der Waals surface area contributed by atoms with Crippen LogP contribution in [0.1, 0.15) is 59.3 Å². The summed E-state index contributed by atoms with van der Waals surface area (Å²) in [4.78, 5) is 34.5. The zero-order valence-corrected chi connectivity index (χ0v) is 16.0. The molecule has 0 aromatic heterocycles. The van der Waals surface area contributed by atoms with Crippen LogP contribution in [0.3, 0.4) is 0 Å². The average molecular weight is 384 g/mol. The van der Waals surface area contributed by atoms with E-state index in [0.29, 0.717) is 12.3 Å². The van der Waals surface area contributed by atoms with E-state index in [9.17, 15) is 9.59 Å². The third-order valence-electron chi connectivity index (χ3n) is 6.89. The summed E-state index contributed by atoms with van der Waals surface area (Å²) in [6.07, 6.45) is 1.72. The van der Waals surface area contributed by atoms with E-state index in [-0.39, 0.29) is 30.6 Å². The zero-order chi connectivity index (χ0) is 19.4. The number of hydrogen-bond donors (Lipinski definition) is 1. The topological polar surface area (TPSA) is 101 Å². The maximum atomic E-state index is 12.1. The van der Waals surface area contributed by atoms with Gasteiger partial charge < -0.3 is 19.3 Å². The predicted molar refractivity (Wildman–Crippen MR) is 89.8 cm³/mol. The van der Waals surface area contributed by atoms with Gasteiger partial charge in [0.05, 0.1) is 12.8 Å². The number of carboxylic acids is 1. The lowest BCUT2D eigenvalue weighted by molar-refractivity contribution is -0.576. The van der Waals surface area contributed by atoms with Gasteiger partial charge in [-0.15, -0.1) is 0 Å². The molecule has 1 saturated carbocycles. The Balaban J connectivity index is 1.58. The molecule has 4 heterocycles.